The molecule has 1 aromatic heterocycles. The Balaban J connectivity index is 2.68. The Kier molecular flexibility index (Phi) is 5.11. The Morgan fingerprint density at radius 2 is 2.17 bits per heavy atom. The summed E-state index contributed by atoms with van der Waals surface area (Å²) >= 11 is 5.73. The molecule has 4 nitrogen and oxygen atoms in total. The molecule has 0 bridgehead atoms. The SMILES string of the molecule is CC(C)(C)CC(CO)NC(=O)c1cccc(Cl)n1. The number of aliphatic hydroxyl groups is 1. The van der Waals surface area contributed by atoms with Crippen LogP contribution in [-0.4, -0.2) is 28.6 Å². The van der Waals surface area contributed by atoms with E-state index in [1.807, 2.05) is 0 Å². The average molecular weight is 271 g/mol. The van der Waals surface area contributed by atoms with Gasteiger partial charge in [0.15, 0.2) is 0 Å². The van der Waals surface area contributed by atoms with Crippen LogP contribution in [0.2, 0.25) is 5.15 Å². The molecule has 0 fully saturated rings. The first-order valence-electron chi connectivity index (χ1n) is 5.86. The summed E-state index contributed by atoms with van der Waals surface area (Å²) in [6, 6.07) is 4.59. The summed E-state index contributed by atoms with van der Waals surface area (Å²) in [6.45, 7) is 6.07. The van der Waals surface area contributed by atoms with Gasteiger partial charge in [-0.3, -0.25) is 4.79 Å². The maximum atomic E-state index is 11.9. The highest BCUT2D eigenvalue weighted by molar-refractivity contribution is 6.29. The van der Waals surface area contributed by atoms with Gasteiger partial charge in [0.1, 0.15) is 10.8 Å². The number of hydrogen-bond acceptors (Lipinski definition) is 3. The van der Waals surface area contributed by atoms with Gasteiger partial charge in [0.25, 0.3) is 5.91 Å². The quantitative estimate of drug-likeness (QED) is 0.825. The number of nitrogens with one attached hydrogen (secondary N) is 1. The zero-order valence-corrected chi connectivity index (χ0v) is 11.7. The number of aliphatic hydroxyl groups excluding tert-OH is 1. The van der Waals surface area contributed by atoms with Gasteiger partial charge >= 0.3 is 0 Å². The molecule has 2 N–H and O–H groups in total. The van der Waals surface area contributed by atoms with Gasteiger partial charge in [0.2, 0.25) is 0 Å². The summed E-state index contributed by atoms with van der Waals surface area (Å²) in [7, 11) is 0. The molecule has 0 aliphatic carbocycles. The van der Waals surface area contributed by atoms with Gasteiger partial charge in [0.05, 0.1) is 12.6 Å². The van der Waals surface area contributed by atoms with Crippen LogP contribution >= 0.6 is 11.6 Å². The number of halogens is 1. The predicted molar refractivity (Wildman–Crippen MR) is 71.7 cm³/mol. The molecule has 18 heavy (non-hydrogen) atoms. The first-order chi connectivity index (χ1) is 8.31. The van der Waals surface area contributed by atoms with Gasteiger partial charge in [-0.05, 0) is 24.0 Å². The third-order valence-corrected chi connectivity index (χ3v) is 2.57. The molecule has 0 aromatic carbocycles. The summed E-state index contributed by atoms with van der Waals surface area (Å²) in [4.78, 5) is 15.8. The first kappa shape index (κ1) is 14.9. The highest BCUT2D eigenvalue weighted by atomic mass is 35.5. The van der Waals surface area contributed by atoms with E-state index in [4.69, 9.17) is 11.6 Å². The lowest BCUT2D eigenvalue weighted by Gasteiger charge is -2.25. The molecule has 0 saturated heterocycles. The second-order valence-electron chi connectivity index (χ2n) is 5.46. The molecule has 1 rings (SSSR count). The lowest BCUT2D eigenvalue weighted by molar-refractivity contribution is 0.0892. The number of carbonyl (C=O) groups excluding carboxylic acids is 1. The number of nitrogens with zero attached hydrogens (tertiary/aromatic N) is 1. The number of hydrogen-bond donors (Lipinski definition) is 2. The number of carbonyl (C=O) groups is 1. The fourth-order valence-electron chi connectivity index (χ4n) is 1.69. The zero-order valence-electron chi connectivity index (χ0n) is 10.9. The van der Waals surface area contributed by atoms with E-state index in [1.165, 1.54) is 0 Å². The minimum atomic E-state index is -0.319. The lowest BCUT2D eigenvalue weighted by atomic mass is 9.88. The van der Waals surface area contributed by atoms with Crippen molar-refractivity contribution in [3.63, 3.8) is 0 Å². The molecular weight excluding hydrogens is 252 g/mol. The Morgan fingerprint density at radius 3 is 2.67 bits per heavy atom. The minimum Gasteiger partial charge on any atom is -0.394 e. The maximum absolute atomic E-state index is 11.9. The molecule has 100 valence electrons. The Labute approximate surface area is 112 Å². The number of amides is 1. The highest BCUT2D eigenvalue weighted by Crippen LogP contribution is 2.20. The Hall–Kier alpha value is -1.13. The van der Waals surface area contributed by atoms with Crippen LogP contribution in [0.5, 0.6) is 0 Å². The zero-order chi connectivity index (χ0) is 13.8. The van der Waals surface area contributed by atoms with E-state index in [2.05, 4.69) is 31.1 Å². The molecule has 1 heterocycles. The smallest absolute Gasteiger partial charge is 0.270 e. The summed E-state index contributed by atoms with van der Waals surface area (Å²) in [5, 5.41) is 12.3. The van der Waals surface area contributed by atoms with E-state index in [1.54, 1.807) is 18.2 Å². The molecule has 0 aliphatic heterocycles. The predicted octanol–water partition coefficient (Wildman–Crippen LogP) is 2.26. The third-order valence-electron chi connectivity index (χ3n) is 2.36. The number of pyridine rings is 1. The van der Waals surface area contributed by atoms with Crippen LogP contribution in [0, 0.1) is 5.41 Å². The molecule has 0 radical (unpaired) electrons. The second-order valence-corrected chi connectivity index (χ2v) is 5.85. The van der Waals surface area contributed by atoms with E-state index < -0.39 is 0 Å². The van der Waals surface area contributed by atoms with Crippen molar-refractivity contribution in [3.8, 4) is 0 Å². The fourth-order valence-corrected chi connectivity index (χ4v) is 1.86. The summed E-state index contributed by atoms with van der Waals surface area (Å²) in [5.41, 5.74) is 0.289. The molecule has 1 unspecified atom stereocenters. The largest absolute Gasteiger partial charge is 0.394 e. The molecular formula is C13H19ClN2O2. The first-order valence-corrected chi connectivity index (χ1v) is 6.24. The van der Waals surface area contributed by atoms with Crippen LogP contribution < -0.4 is 5.32 Å². The fraction of sp³-hybridized carbons (Fsp3) is 0.538. The van der Waals surface area contributed by atoms with Crippen LogP contribution in [0.25, 0.3) is 0 Å². The van der Waals surface area contributed by atoms with E-state index in [9.17, 15) is 9.90 Å². The van der Waals surface area contributed by atoms with Crippen molar-refractivity contribution in [2.45, 2.75) is 33.2 Å². The average Bonchev–Trinajstić information content (AvgIpc) is 2.26. The topological polar surface area (TPSA) is 62.2 Å². The third kappa shape index (κ3) is 5.02. The molecule has 1 amide bonds. The van der Waals surface area contributed by atoms with E-state index in [0.29, 0.717) is 6.42 Å². The minimum absolute atomic E-state index is 0.0302. The molecule has 1 aromatic rings. The second kappa shape index (κ2) is 6.16. The summed E-state index contributed by atoms with van der Waals surface area (Å²) in [5.74, 6) is -0.319. The van der Waals surface area contributed by atoms with Crippen molar-refractivity contribution in [3.05, 3.63) is 29.0 Å². The standard InChI is InChI=1S/C13H19ClN2O2/c1-13(2,3)7-9(8-17)15-12(18)10-5-4-6-11(14)16-10/h4-6,9,17H,7-8H2,1-3H3,(H,15,18). The number of aromatic nitrogens is 1. The van der Waals surface area contributed by atoms with Crippen molar-refractivity contribution >= 4 is 17.5 Å². The summed E-state index contributed by atoms with van der Waals surface area (Å²) in [6.07, 6.45) is 0.690. The van der Waals surface area contributed by atoms with Crippen LogP contribution in [0.15, 0.2) is 18.2 Å². The van der Waals surface area contributed by atoms with Gasteiger partial charge < -0.3 is 10.4 Å². The van der Waals surface area contributed by atoms with Crippen LogP contribution in [0.4, 0.5) is 0 Å². The van der Waals surface area contributed by atoms with Crippen molar-refractivity contribution in [2.75, 3.05) is 6.61 Å². The van der Waals surface area contributed by atoms with Gasteiger partial charge in [-0.15, -0.1) is 0 Å². The molecule has 1 atom stereocenters. The van der Waals surface area contributed by atoms with E-state index in [0.717, 1.165) is 0 Å². The van der Waals surface area contributed by atoms with Crippen LogP contribution in [0.3, 0.4) is 0 Å². The Bertz CT molecular complexity index is 416. The highest BCUT2D eigenvalue weighted by Gasteiger charge is 2.20. The van der Waals surface area contributed by atoms with Crippen molar-refractivity contribution in [2.24, 2.45) is 5.41 Å². The normalized spacial score (nSPS) is 13.2. The summed E-state index contributed by atoms with van der Waals surface area (Å²) < 4.78 is 0. The molecule has 5 heteroatoms. The maximum Gasteiger partial charge on any atom is 0.270 e. The van der Waals surface area contributed by atoms with Gasteiger partial charge in [-0.2, -0.15) is 0 Å². The van der Waals surface area contributed by atoms with Crippen LogP contribution in [-0.2, 0) is 0 Å². The van der Waals surface area contributed by atoms with Gasteiger partial charge in [0, 0.05) is 0 Å². The van der Waals surface area contributed by atoms with Gasteiger partial charge in [-0.25, -0.2) is 4.98 Å². The van der Waals surface area contributed by atoms with Crippen molar-refractivity contribution in [1.82, 2.24) is 10.3 Å². The number of rotatable bonds is 4. The van der Waals surface area contributed by atoms with Crippen molar-refractivity contribution < 1.29 is 9.90 Å². The lowest BCUT2D eigenvalue weighted by Crippen LogP contribution is -2.40. The van der Waals surface area contributed by atoms with Crippen molar-refractivity contribution in [1.29, 1.82) is 0 Å². The van der Waals surface area contributed by atoms with E-state index >= 15 is 0 Å². The molecule has 0 spiro atoms. The van der Waals surface area contributed by atoms with E-state index in [-0.39, 0.29) is 34.8 Å². The monoisotopic (exact) mass is 270 g/mol. The van der Waals surface area contributed by atoms with Crippen LogP contribution in [0.1, 0.15) is 37.7 Å². The molecule has 0 saturated carbocycles. The Morgan fingerprint density at radius 1 is 1.50 bits per heavy atom. The van der Waals surface area contributed by atoms with Gasteiger partial charge in [-0.1, -0.05) is 38.4 Å². The molecule has 0 aliphatic rings.